The number of rotatable bonds is 5. The molecular weight excluding hydrogens is 408 g/mol. The highest BCUT2D eigenvalue weighted by Gasteiger charge is 2.18. The van der Waals surface area contributed by atoms with Crippen molar-refractivity contribution in [2.45, 2.75) is 0 Å². The van der Waals surface area contributed by atoms with Gasteiger partial charge in [0.25, 0.3) is 11.8 Å². The second kappa shape index (κ2) is 8.19. The first kappa shape index (κ1) is 19.3. The van der Waals surface area contributed by atoms with E-state index in [1.807, 2.05) is 48.5 Å². The van der Waals surface area contributed by atoms with Crippen molar-refractivity contribution in [3.8, 4) is 11.5 Å². The first-order valence-electron chi connectivity index (χ1n) is 9.76. The summed E-state index contributed by atoms with van der Waals surface area (Å²) in [5.74, 6) is -0.544. The number of para-hydroxylation sites is 2. The molecule has 5 aromatic rings. The van der Waals surface area contributed by atoms with E-state index in [1.165, 1.54) is 0 Å². The summed E-state index contributed by atoms with van der Waals surface area (Å²) in [5.41, 5.74) is 1.89. The summed E-state index contributed by atoms with van der Waals surface area (Å²) in [6, 6.07) is 24.7. The van der Waals surface area contributed by atoms with Crippen molar-refractivity contribution in [2.24, 2.45) is 0 Å². The molecule has 0 saturated carbocycles. The fourth-order valence-corrected chi connectivity index (χ4v) is 3.20. The Hall–Kier alpha value is -4.72. The minimum absolute atomic E-state index is 0.0488. The molecule has 0 bridgehead atoms. The molecule has 0 spiro atoms. The van der Waals surface area contributed by atoms with E-state index in [1.54, 1.807) is 36.4 Å². The molecule has 8 heteroatoms. The fraction of sp³-hybridized carbons (Fsp3) is 0. The highest BCUT2D eigenvalue weighted by molar-refractivity contribution is 6.12. The van der Waals surface area contributed by atoms with Crippen LogP contribution in [-0.4, -0.2) is 22.0 Å². The number of anilines is 2. The highest BCUT2D eigenvalue weighted by Crippen LogP contribution is 2.23. The van der Waals surface area contributed by atoms with E-state index in [9.17, 15) is 9.59 Å². The minimum atomic E-state index is -0.506. The van der Waals surface area contributed by atoms with Gasteiger partial charge in [-0.3, -0.25) is 14.9 Å². The second-order valence-electron chi connectivity index (χ2n) is 6.88. The maximum atomic E-state index is 12.8. The van der Waals surface area contributed by atoms with Crippen LogP contribution in [0.4, 0.5) is 11.7 Å². The molecule has 2 amide bonds. The van der Waals surface area contributed by atoms with Crippen molar-refractivity contribution < 1.29 is 18.4 Å². The molecule has 0 fully saturated rings. The van der Waals surface area contributed by atoms with Crippen LogP contribution >= 0.6 is 0 Å². The number of hydrogen-bond acceptors (Lipinski definition) is 6. The summed E-state index contributed by atoms with van der Waals surface area (Å²) >= 11 is 0. The molecule has 0 unspecified atom stereocenters. The molecule has 156 valence electrons. The lowest BCUT2D eigenvalue weighted by molar-refractivity contribution is 0.0998. The van der Waals surface area contributed by atoms with E-state index in [0.29, 0.717) is 11.3 Å². The van der Waals surface area contributed by atoms with Crippen molar-refractivity contribution in [3.05, 3.63) is 96.3 Å². The fourth-order valence-electron chi connectivity index (χ4n) is 3.20. The van der Waals surface area contributed by atoms with Gasteiger partial charge >= 0.3 is 6.01 Å². The van der Waals surface area contributed by atoms with Crippen LogP contribution in [0.2, 0.25) is 0 Å². The number of aromatic nitrogens is 2. The molecule has 5 rings (SSSR count). The van der Waals surface area contributed by atoms with Crippen molar-refractivity contribution in [2.75, 3.05) is 10.6 Å². The lowest BCUT2D eigenvalue weighted by Crippen LogP contribution is -2.18. The van der Waals surface area contributed by atoms with Crippen LogP contribution in [0, 0.1) is 0 Å². The van der Waals surface area contributed by atoms with Gasteiger partial charge in [0.2, 0.25) is 5.89 Å². The number of carbonyl (C=O) groups is 2. The SMILES string of the molecule is O=C(Nc1ccccc1C(=O)Nc1nnc(-c2ccccc2)o1)c1cc2ccccc2o1. The van der Waals surface area contributed by atoms with Gasteiger partial charge in [-0.15, -0.1) is 5.10 Å². The normalized spacial score (nSPS) is 10.8. The van der Waals surface area contributed by atoms with Gasteiger partial charge in [-0.25, -0.2) is 0 Å². The molecule has 0 aliphatic rings. The molecule has 0 radical (unpaired) electrons. The van der Waals surface area contributed by atoms with Gasteiger partial charge in [-0.2, -0.15) is 0 Å². The maximum Gasteiger partial charge on any atom is 0.322 e. The van der Waals surface area contributed by atoms with Crippen molar-refractivity contribution >= 4 is 34.5 Å². The number of amides is 2. The van der Waals surface area contributed by atoms with Crippen LogP contribution < -0.4 is 10.6 Å². The average Bonchev–Trinajstić information content (AvgIpc) is 3.47. The van der Waals surface area contributed by atoms with E-state index in [0.717, 1.165) is 10.9 Å². The predicted octanol–water partition coefficient (Wildman–Crippen LogP) is 4.99. The number of hydrogen-bond donors (Lipinski definition) is 2. The standard InChI is InChI=1S/C24H16N4O4/c29-21(26-24-28-27-23(32-24)15-8-2-1-3-9-15)17-11-5-6-12-18(17)25-22(30)20-14-16-10-4-7-13-19(16)31-20/h1-14H,(H,25,30)(H,26,28,29). The van der Waals surface area contributed by atoms with Gasteiger partial charge in [0.15, 0.2) is 5.76 Å². The van der Waals surface area contributed by atoms with Gasteiger partial charge in [-0.05, 0) is 36.4 Å². The number of carbonyl (C=O) groups excluding carboxylic acids is 2. The monoisotopic (exact) mass is 424 g/mol. The summed E-state index contributed by atoms with van der Waals surface area (Å²) in [4.78, 5) is 25.5. The molecule has 3 aromatic carbocycles. The summed E-state index contributed by atoms with van der Waals surface area (Å²) in [5, 5.41) is 13.9. The quantitative estimate of drug-likeness (QED) is 0.411. The van der Waals surface area contributed by atoms with E-state index in [-0.39, 0.29) is 23.2 Å². The largest absolute Gasteiger partial charge is 0.451 e. The first-order valence-corrected chi connectivity index (χ1v) is 9.76. The smallest absolute Gasteiger partial charge is 0.322 e. The molecule has 0 atom stereocenters. The number of nitrogens with zero attached hydrogens (tertiary/aromatic N) is 2. The Bertz CT molecular complexity index is 1390. The van der Waals surface area contributed by atoms with Gasteiger partial charge in [-0.1, -0.05) is 53.6 Å². The Kier molecular flexibility index (Phi) is 4.93. The molecule has 2 N–H and O–H groups in total. The number of furan rings is 1. The zero-order valence-corrected chi connectivity index (χ0v) is 16.6. The van der Waals surface area contributed by atoms with E-state index >= 15 is 0 Å². The number of benzene rings is 3. The van der Waals surface area contributed by atoms with Crippen LogP contribution in [0.3, 0.4) is 0 Å². The van der Waals surface area contributed by atoms with Crippen LogP contribution in [0.1, 0.15) is 20.9 Å². The molecule has 0 saturated heterocycles. The third-order valence-electron chi connectivity index (χ3n) is 4.74. The summed E-state index contributed by atoms with van der Waals surface area (Å²) in [6.07, 6.45) is 0. The molecule has 2 aromatic heterocycles. The van der Waals surface area contributed by atoms with Crippen molar-refractivity contribution in [1.82, 2.24) is 10.2 Å². The van der Waals surface area contributed by atoms with E-state index in [2.05, 4.69) is 20.8 Å². The van der Waals surface area contributed by atoms with Crippen molar-refractivity contribution in [3.63, 3.8) is 0 Å². The topological polar surface area (TPSA) is 110 Å². The highest BCUT2D eigenvalue weighted by atomic mass is 16.4. The third kappa shape index (κ3) is 3.84. The van der Waals surface area contributed by atoms with E-state index in [4.69, 9.17) is 8.83 Å². The molecule has 32 heavy (non-hydrogen) atoms. The minimum Gasteiger partial charge on any atom is -0.451 e. The van der Waals surface area contributed by atoms with Crippen LogP contribution in [0.15, 0.2) is 93.8 Å². The maximum absolute atomic E-state index is 12.8. The molecule has 0 aliphatic heterocycles. The van der Waals surface area contributed by atoms with Gasteiger partial charge in [0.05, 0.1) is 11.3 Å². The second-order valence-corrected chi connectivity index (χ2v) is 6.88. The van der Waals surface area contributed by atoms with Gasteiger partial charge in [0, 0.05) is 10.9 Å². The van der Waals surface area contributed by atoms with Gasteiger partial charge < -0.3 is 14.2 Å². The Morgan fingerprint density at radius 3 is 2.31 bits per heavy atom. The molecular formula is C24H16N4O4. The number of fused-ring (bicyclic) bond motifs is 1. The summed E-state index contributed by atoms with van der Waals surface area (Å²) in [6.45, 7) is 0. The van der Waals surface area contributed by atoms with E-state index < -0.39 is 11.8 Å². The van der Waals surface area contributed by atoms with Crippen LogP contribution in [0.25, 0.3) is 22.4 Å². The zero-order chi connectivity index (χ0) is 21.9. The van der Waals surface area contributed by atoms with Crippen LogP contribution in [-0.2, 0) is 0 Å². The van der Waals surface area contributed by atoms with Crippen molar-refractivity contribution in [1.29, 1.82) is 0 Å². The summed E-state index contributed by atoms with van der Waals surface area (Å²) < 4.78 is 11.1. The van der Waals surface area contributed by atoms with Crippen LogP contribution in [0.5, 0.6) is 0 Å². The molecule has 2 heterocycles. The number of nitrogens with one attached hydrogen (secondary N) is 2. The summed E-state index contributed by atoms with van der Waals surface area (Å²) in [7, 11) is 0. The lowest BCUT2D eigenvalue weighted by atomic mass is 10.1. The Balaban J connectivity index is 1.34. The Morgan fingerprint density at radius 2 is 1.47 bits per heavy atom. The molecule has 0 aliphatic carbocycles. The Morgan fingerprint density at radius 1 is 0.719 bits per heavy atom. The Labute approximate surface area is 181 Å². The van der Waals surface area contributed by atoms with Gasteiger partial charge in [0.1, 0.15) is 5.58 Å². The zero-order valence-electron chi connectivity index (χ0n) is 16.6. The lowest BCUT2D eigenvalue weighted by Gasteiger charge is -2.09. The first-order chi connectivity index (χ1) is 15.7. The average molecular weight is 424 g/mol. The predicted molar refractivity (Wildman–Crippen MR) is 118 cm³/mol. The molecule has 8 nitrogen and oxygen atoms in total. The third-order valence-corrected chi connectivity index (χ3v) is 4.74.